The molecule has 0 saturated carbocycles. The number of pyridine rings is 1. The van der Waals surface area contributed by atoms with Crippen LogP contribution >= 0.6 is 0 Å². The molecule has 1 N–H and O–H groups in total. The second kappa shape index (κ2) is 4.68. The molecule has 0 aliphatic rings. The highest BCUT2D eigenvalue weighted by molar-refractivity contribution is 5.61. The van der Waals surface area contributed by atoms with E-state index in [4.69, 9.17) is 0 Å². The molecule has 0 bridgehead atoms. The van der Waals surface area contributed by atoms with Gasteiger partial charge in [-0.1, -0.05) is 17.7 Å². The van der Waals surface area contributed by atoms with Crippen molar-refractivity contribution in [3.05, 3.63) is 53.0 Å². The predicted molar refractivity (Wildman–Crippen MR) is 63.3 cm³/mol. The minimum absolute atomic E-state index is 0.333. The summed E-state index contributed by atoms with van der Waals surface area (Å²) >= 11 is 0. The third-order valence-electron chi connectivity index (χ3n) is 2.52. The van der Waals surface area contributed by atoms with Crippen molar-refractivity contribution in [1.82, 2.24) is 4.98 Å². The number of hydrogen-bond donors (Lipinski definition) is 1. The Morgan fingerprint density at radius 2 is 1.72 bits per heavy atom. The monoisotopic (exact) mass is 252 g/mol. The summed E-state index contributed by atoms with van der Waals surface area (Å²) in [5.41, 5.74) is 2.51. The second-order valence-corrected chi connectivity index (χ2v) is 4.03. The van der Waals surface area contributed by atoms with Crippen molar-refractivity contribution in [3.8, 4) is 0 Å². The number of hydrogen-bond acceptors (Lipinski definition) is 2. The Morgan fingerprint density at radius 3 is 2.39 bits per heavy atom. The minimum Gasteiger partial charge on any atom is -0.337 e. The van der Waals surface area contributed by atoms with Gasteiger partial charge < -0.3 is 5.32 Å². The number of halogens is 3. The molecule has 2 rings (SSSR count). The fraction of sp³-hybridized carbons (Fsp3) is 0.154. The smallest absolute Gasteiger partial charge is 0.251 e. The van der Waals surface area contributed by atoms with E-state index >= 15 is 0 Å². The largest absolute Gasteiger partial charge is 0.337 e. The molecule has 0 saturated heterocycles. The highest BCUT2D eigenvalue weighted by Crippen LogP contribution is 2.23. The first kappa shape index (κ1) is 12.4. The van der Waals surface area contributed by atoms with E-state index in [2.05, 4.69) is 10.3 Å². The molecule has 0 radical (unpaired) electrons. The number of anilines is 2. The van der Waals surface area contributed by atoms with Gasteiger partial charge in [0.15, 0.2) is 17.5 Å². The van der Waals surface area contributed by atoms with E-state index in [1.807, 2.05) is 26.0 Å². The Labute approximate surface area is 102 Å². The fourth-order valence-corrected chi connectivity index (χ4v) is 1.61. The molecule has 0 fully saturated rings. The molecule has 2 aromatic rings. The Hall–Kier alpha value is -2.04. The lowest BCUT2D eigenvalue weighted by molar-refractivity contribution is 0.467. The third kappa shape index (κ3) is 2.45. The van der Waals surface area contributed by atoms with E-state index in [0.29, 0.717) is 11.8 Å². The van der Waals surface area contributed by atoms with Gasteiger partial charge in [0, 0.05) is 11.8 Å². The van der Waals surface area contributed by atoms with Crippen LogP contribution in [0, 0.1) is 31.4 Å². The van der Waals surface area contributed by atoms with Gasteiger partial charge in [0.05, 0.1) is 0 Å². The summed E-state index contributed by atoms with van der Waals surface area (Å²) in [6, 6.07) is 5.91. The number of rotatable bonds is 2. The van der Waals surface area contributed by atoms with Gasteiger partial charge in [-0.15, -0.1) is 0 Å². The Balaban J connectivity index is 2.37. The van der Waals surface area contributed by atoms with Crippen LogP contribution in [0.5, 0.6) is 0 Å². The second-order valence-electron chi connectivity index (χ2n) is 4.03. The third-order valence-corrected chi connectivity index (χ3v) is 2.52. The van der Waals surface area contributed by atoms with E-state index in [1.165, 1.54) is 0 Å². The first-order valence-electron chi connectivity index (χ1n) is 5.33. The zero-order valence-corrected chi connectivity index (χ0v) is 9.89. The maximum atomic E-state index is 13.4. The van der Waals surface area contributed by atoms with Crippen LogP contribution in [-0.4, -0.2) is 4.98 Å². The molecule has 2 nitrogen and oxygen atoms in total. The molecule has 0 amide bonds. The van der Waals surface area contributed by atoms with Crippen molar-refractivity contribution in [2.24, 2.45) is 0 Å². The zero-order valence-electron chi connectivity index (χ0n) is 9.89. The Morgan fingerprint density at radius 1 is 1.00 bits per heavy atom. The summed E-state index contributed by atoms with van der Waals surface area (Å²) in [6.45, 7) is 3.75. The van der Waals surface area contributed by atoms with Gasteiger partial charge in [0.2, 0.25) is 0 Å². The first-order chi connectivity index (χ1) is 8.47. The molecular formula is C13H11F3N2. The van der Waals surface area contributed by atoms with E-state index in [9.17, 15) is 13.2 Å². The number of aromatic nitrogens is 1. The van der Waals surface area contributed by atoms with E-state index < -0.39 is 17.6 Å². The SMILES string of the molecule is Cc1ccc(Nc2nc(F)c(F)cc2F)c(C)c1. The van der Waals surface area contributed by atoms with Crippen LogP contribution in [-0.2, 0) is 0 Å². The van der Waals surface area contributed by atoms with Crippen molar-refractivity contribution in [3.63, 3.8) is 0 Å². The van der Waals surface area contributed by atoms with Gasteiger partial charge in [-0.3, -0.25) is 0 Å². The minimum atomic E-state index is -1.33. The summed E-state index contributed by atoms with van der Waals surface area (Å²) in [5.74, 6) is -3.91. The topological polar surface area (TPSA) is 24.9 Å². The highest BCUT2D eigenvalue weighted by atomic mass is 19.2. The molecule has 0 aliphatic heterocycles. The summed E-state index contributed by atoms with van der Waals surface area (Å²) in [4.78, 5) is 3.20. The van der Waals surface area contributed by atoms with Crippen LogP contribution in [0.1, 0.15) is 11.1 Å². The summed E-state index contributed by atoms with van der Waals surface area (Å²) in [6.07, 6.45) is 0. The van der Waals surface area contributed by atoms with Crippen molar-refractivity contribution in [2.45, 2.75) is 13.8 Å². The molecule has 1 heterocycles. The molecule has 18 heavy (non-hydrogen) atoms. The van der Waals surface area contributed by atoms with Crippen LogP contribution in [0.25, 0.3) is 0 Å². The van der Waals surface area contributed by atoms with Crippen molar-refractivity contribution >= 4 is 11.5 Å². The average Bonchev–Trinajstić information content (AvgIpc) is 2.29. The van der Waals surface area contributed by atoms with E-state index in [-0.39, 0.29) is 5.82 Å². The van der Waals surface area contributed by atoms with Crippen molar-refractivity contribution in [2.75, 3.05) is 5.32 Å². The molecule has 0 aliphatic carbocycles. The summed E-state index contributed by atoms with van der Waals surface area (Å²) < 4.78 is 39.1. The fourth-order valence-electron chi connectivity index (χ4n) is 1.61. The quantitative estimate of drug-likeness (QED) is 0.821. The first-order valence-corrected chi connectivity index (χ1v) is 5.33. The van der Waals surface area contributed by atoms with Crippen LogP contribution in [0.4, 0.5) is 24.7 Å². The van der Waals surface area contributed by atoms with E-state index in [1.54, 1.807) is 6.07 Å². The van der Waals surface area contributed by atoms with Gasteiger partial charge >= 0.3 is 0 Å². The maximum absolute atomic E-state index is 13.4. The van der Waals surface area contributed by atoms with Gasteiger partial charge in [0.25, 0.3) is 5.95 Å². The van der Waals surface area contributed by atoms with E-state index in [0.717, 1.165) is 11.1 Å². The molecular weight excluding hydrogens is 241 g/mol. The number of nitrogens with one attached hydrogen (secondary N) is 1. The number of benzene rings is 1. The summed E-state index contributed by atoms with van der Waals surface area (Å²) in [5, 5.41) is 2.64. The van der Waals surface area contributed by atoms with Gasteiger partial charge in [-0.05, 0) is 25.5 Å². The molecule has 5 heteroatoms. The predicted octanol–water partition coefficient (Wildman–Crippen LogP) is 3.86. The van der Waals surface area contributed by atoms with Crippen molar-refractivity contribution in [1.29, 1.82) is 0 Å². The standard InChI is InChI=1S/C13H11F3N2/c1-7-3-4-11(8(2)5-7)17-13-10(15)6-9(14)12(16)18-13/h3-6H,1-2H3,(H,17,18). The molecule has 1 aromatic carbocycles. The lowest BCUT2D eigenvalue weighted by atomic mass is 10.1. The van der Waals surface area contributed by atoms with Crippen LogP contribution in [0.2, 0.25) is 0 Å². The molecule has 0 atom stereocenters. The lowest BCUT2D eigenvalue weighted by Gasteiger charge is -2.10. The molecule has 0 unspecified atom stereocenters. The van der Waals surface area contributed by atoms with Crippen LogP contribution in [0.3, 0.4) is 0 Å². The summed E-state index contributed by atoms with van der Waals surface area (Å²) in [7, 11) is 0. The lowest BCUT2D eigenvalue weighted by Crippen LogP contribution is -2.02. The van der Waals surface area contributed by atoms with Gasteiger partial charge in [-0.25, -0.2) is 8.78 Å². The van der Waals surface area contributed by atoms with Crippen LogP contribution < -0.4 is 5.32 Å². The maximum Gasteiger partial charge on any atom is 0.251 e. The highest BCUT2D eigenvalue weighted by Gasteiger charge is 2.12. The number of nitrogens with zero attached hydrogens (tertiary/aromatic N) is 1. The van der Waals surface area contributed by atoms with Crippen molar-refractivity contribution < 1.29 is 13.2 Å². The van der Waals surface area contributed by atoms with Gasteiger partial charge in [-0.2, -0.15) is 9.37 Å². The van der Waals surface area contributed by atoms with Crippen LogP contribution in [0.15, 0.2) is 24.3 Å². The number of aryl methyl sites for hydroxylation is 2. The Kier molecular flexibility index (Phi) is 3.23. The molecule has 1 aromatic heterocycles. The average molecular weight is 252 g/mol. The molecule has 0 spiro atoms. The van der Waals surface area contributed by atoms with Gasteiger partial charge in [0.1, 0.15) is 0 Å². The Bertz CT molecular complexity index is 597. The normalized spacial score (nSPS) is 10.5. The zero-order chi connectivity index (χ0) is 13.3. The molecule has 94 valence electrons.